The molecule has 27 heavy (non-hydrogen) atoms. The topological polar surface area (TPSA) is 72.9 Å². The molecule has 2 aromatic carbocycles. The van der Waals surface area contributed by atoms with E-state index >= 15 is 0 Å². The molecule has 1 heterocycles. The van der Waals surface area contributed by atoms with Gasteiger partial charge in [0, 0.05) is 5.56 Å². The monoisotopic (exact) mass is 375 g/mol. The summed E-state index contributed by atoms with van der Waals surface area (Å²) in [6.07, 6.45) is 0. The van der Waals surface area contributed by atoms with Crippen molar-refractivity contribution in [2.45, 2.75) is 19.5 Å². The first-order valence-electron chi connectivity index (χ1n) is 8.11. The maximum Gasteiger partial charge on any atom is 0.381 e. The van der Waals surface area contributed by atoms with E-state index in [-0.39, 0.29) is 29.9 Å². The second-order valence-electron chi connectivity index (χ2n) is 5.72. The molecule has 1 aliphatic rings. The molecule has 1 aliphatic heterocycles. The van der Waals surface area contributed by atoms with Gasteiger partial charge in [0.25, 0.3) is 11.8 Å². The minimum absolute atomic E-state index is 0.170. The molecule has 0 saturated heterocycles. The minimum atomic E-state index is -3.82. The largest absolute Gasteiger partial charge is 0.461 e. The molecule has 0 fully saturated rings. The van der Waals surface area contributed by atoms with Crippen LogP contribution < -0.4 is 0 Å². The lowest BCUT2D eigenvalue weighted by atomic mass is 10.1. The van der Waals surface area contributed by atoms with Crippen LogP contribution in [-0.4, -0.2) is 29.5 Å². The summed E-state index contributed by atoms with van der Waals surface area (Å²) in [6.45, 7) is 0.954. The summed E-state index contributed by atoms with van der Waals surface area (Å²) in [4.78, 5) is 41.1. The summed E-state index contributed by atoms with van der Waals surface area (Å²) >= 11 is 0. The highest BCUT2D eigenvalue weighted by Crippen LogP contribution is 2.30. The van der Waals surface area contributed by atoms with Gasteiger partial charge in [-0.1, -0.05) is 30.3 Å². The van der Waals surface area contributed by atoms with Crippen LogP contribution in [-0.2, 0) is 26.9 Å². The smallest absolute Gasteiger partial charge is 0.381 e. The van der Waals surface area contributed by atoms with Crippen molar-refractivity contribution in [2.24, 2.45) is 0 Å². The van der Waals surface area contributed by atoms with Crippen molar-refractivity contribution in [3.63, 3.8) is 0 Å². The number of amides is 2. The Morgan fingerprint density at radius 2 is 1.67 bits per heavy atom. The molecular weight excluding hydrogens is 360 g/mol. The Kier molecular flexibility index (Phi) is 5.00. The van der Waals surface area contributed by atoms with Crippen molar-refractivity contribution in [1.29, 1.82) is 0 Å². The predicted molar refractivity (Wildman–Crippen MR) is 88.7 cm³/mol. The van der Waals surface area contributed by atoms with Crippen molar-refractivity contribution in [2.75, 3.05) is 6.61 Å². The molecule has 140 valence electrons. The summed E-state index contributed by atoms with van der Waals surface area (Å²) in [6, 6.07) is 11.2. The summed E-state index contributed by atoms with van der Waals surface area (Å²) in [5.74, 6) is -6.71. The molecule has 2 aromatic rings. The van der Waals surface area contributed by atoms with Gasteiger partial charge in [0.2, 0.25) is 0 Å². The fourth-order valence-electron chi connectivity index (χ4n) is 2.62. The highest BCUT2D eigenvalue weighted by atomic mass is 19.3. The fraction of sp³-hybridized carbons (Fsp3) is 0.211. The zero-order valence-corrected chi connectivity index (χ0v) is 14.3. The van der Waals surface area contributed by atoms with E-state index in [4.69, 9.17) is 4.84 Å². The Hall–Kier alpha value is -3.13. The lowest BCUT2D eigenvalue weighted by Crippen LogP contribution is -2.30. The summed E-state index contributed by atoms with van der Waals surface area (Å²) in [7, 11) is 0. The van der Waals surface area contributed by atoms with Gasteiger partial charge in [0.05, 0.1) is 17.7 Å². The van der Waals surface area contributed by atoms with Gasteiger partial charge in [0.15, 0.2) is 0 Å². The molecule has 0 atom stereocenters. The first-order valence-corrected chi connectivity index (χ1v) is 8.11. The number of carbonyl (C=O) groups excluding carboxylic acids is 3. The molecule has 0 unspecified atom stereocenters. The maximum absolute atomic E-state index is 14.1. The molecule has 2 amide bonds. The van der Waals surface area contributed by atoms with E-state index in [1.54, 1.807) is 12.1 Å². The molecule has 0 saturated carbocycles. The highest BCUT2D eigenvalue weighted by molar-refractivity contribution is 6.20. The third-order valence-corrected chi connectivity index (χ3v) is 3.94. The van der Waals surface area contributed by atoms with E-state index in [2.05, 4.69) is 4.74 Å². The second-order valence-corrected chi connectivity index (χ2v) is 5.72. The van der Waals surface area contributed by atoms with Crippen molar-refractivity contribution >= 4 is 17.8 Å². The number of fused-ring (bicyclic) bond motifs is 1. The van der Waals surface area contributed by atoms with Crippen LogP contribution in [0.2, 0.25) is 0 Å². The van der Waals surface area contributed by atoms with Crippen LogP contribution in [0.4, 0.5) is 8.78 Å². The van der Waals surface area contributed by atoms with Gasteiger partial charge in [0.1, 0.15) is 6.61 Å². The van der Waals surface area contributed by atoms with E-state index in [9.17, 15) is 23.2 Å². The van der Waals surface area contributed by atoms with Crippen LogP contribution >= 0.6 is 0 Å². The molecule has 6 nitrogen and oxygen atoms in total. The number of hydroxylamine groups is 2. The van der Waals surface area contributed by atoms with E-state index in [1.807, 2.05) is 0 Å². The number of nitrogens with zero attached hydrogens (tertiary/aromatic N) is 1. The van der Waals surface area contributed by atoms with Gasteiger partial charge in [-0.15, -0.1) is 5.06 Å². The van der Waals surface area contributed by atoms with E-state index in [1.165, 1.54) is 31.2 Å². The van der Waals surface area contributed by atoms with Gasteiger partial charge in [-0.25, -0.2) is 4.79 Å². The summed E-state index contributed by atoms with van der Waals surface area (Å²) in [5.41, 5.74) is 0.118. The Labute approximate surface area is 153 Å². The number of halogens is 2. The number of carbonyl (C=O) groups is 3. The Morgan fingerprint density at radius 1 is 1.04 bits per heavy atom. The van der Waals surface area contributed by atoms with E-state index < -0.39 is 29.3 Å². The summed E-state index contributed by atoms with van der Waals surface area (Å²) in [5, 5.41) is 0.598. The van der Waals surface area contributed by atoms with Gasteiger partial charge >= 0.3 is 11.9 Å². The minimum Gasteiger partial charge on any atom is -0.461 e. The molecule has 8 heteroatoms. The van der Waals surface area contributed by atoms with Gasteiger partial charge < -0.3 is 4.74 Å². The van der Waals surface area contributed by atoms with Gasteiger partial charge in [-0.2, -0.15) is 8.78 Å². The van der Waals surface area contributed by atoms with Crippen molar-refractivity contribution in [3.05, 3.63) is 70.8 Å². The van der Waals surface area contributed by atoms with Crippen LogP contribution in [0, 0.1) is 0 Å². The molecule has 0 radical (unpaired) electrons. The molecule has 0 aliphatic carbocycles. The van der Waals surface area contributed by atoms with E-state index in [0.29, 0.717) is 5.06 Å². The number of imide groups is 1. The van der Waals surface area contributed by atoms with Crippen molar-refractivity contribution < 1.29 is 32.7 Å². The molecule has 0 aromatic heterocycles. The SMILES string of the molecule is CCOC(=O)C(F)(F)c1cccc(CON2C(=O)c3ccccc3C2=O)c1. The van der Waals surface area contributed by atoms with Crippen LogP contribution in [0.5, 0.6) is 0 Å². The van der Waals surface area contributed by atoms with Crippen LogP contribution in [0.25, 0.3) is 0 Å². The highest BCUT2D eigenvalue weighted by Gasteiger charge is 2.43. The number of ether oxygens (including phenoxy) is 1. The standard InChI is InChI=1S/C19H15F2NO5/c1-2-26-18(25)19(20,21)13-7-5-6-12(10-13)11-27-22-16(23)14-8-3-4-9-15(14)17(22)24/h3-10H,2,11H2,1H3. The van der Waals surface area contributed by atoms with Crippen LogP contribution in [0.1, 0.15) is 38.8 Å². The second kappa shape index (κ2) is 7.24. The normalized spacial score (nSPS) is 13.7. The number of benzene rings is 2. The summed E-state index contributed by atoms with van der Waals surface area (Å²) < 4.78 is 32.6. The Bertz CT molecular complexity index is 877. The Morgan fingerprint density at radius 3 is 2.26 bits per heavy atom. The zero-order chi connectivity index (χ0) is 19.6. The van der Waals surface area contributed by atoms with Crippen molar-refractivity contribution in [3.8, 4) is 0 Å². The van der Waals surface area contributed by atoms with E-state index in [0.717, 1.165) is 12.1 Å². The third kappa shape index (κ3) is 3.43. The molecule has 3 rings (SSSR count). The number of hydrogen-bond acceptors (Lipinski definition) is 5. The molecule has 0 spiro atoms. The Balaban J connectivity index is 1.74. The number of hydrogen-bond donors (Lipinski definition) is 0. The van der Waals surface area contributed by atoms with Gasteiger partial charge in [-0.3, -0.25) is 14.4 Å². The number of esters is 1. The lowest BCUT2D eigenvalue weighted by Gasteiger charge is -2.17. The van der Waals surface area contributed by atoms with Gasteiger partial charge in [-0.05, 0) is 30.7 Å². The lowest BCUT2D eigenvalue weighted by molar-refractivity contribution is -0.173. The zero-order valence-electron chi connectivity index (χ0n) is 14.3. The number of rotatable bonds is 6. The average Bonchev–Trinajstić information content (AvgIpc) is 2.91. The number of alkyl halides is 2. The van der Waals surface area contributed by atoms with Crippen molar-refractivity contribution in [1.82, 2.24) is 5.06 Å². The average molecular weight is 375 g/mol. The van der Waals surface area contributed by atoms with Crippen LogP contribution in [0.3, 0.4) is 0 Å². The molecular formula is C19H15F2NO5. The maximum atomic E-state index is 14.1. The third-order valence-electron chi connectivity index (χ3n) is 3.94. The van der Waals surface area contributed by atoms with Crippen LogP contribution in [0.15, 0.2) is 48.5 Å². The quantitative estimate of drug-likeness (QED) is 0.573. The molecule has 0 bridgehead atoms. The molecule has 0 N–H and O–H groups in total. The first-order chi connectivity index (χ1) is 12.9. The fourth-order valence-corrected chi connectivity index (χ4v) is 2.62. The first kappa shape index (κ1) is 18.7. The predicted octanol–water partition coefficient (Wildman–Crippen LogP) is 3.07.